The highest BCUT2D eigenvalue weighted by molar-refractivity contribution is 5.94. The van der Waals surface area contributed by atoms with Crippen LogP contribution in [0.25, 0.3) is 0 Å². The lowest BCUT2D eigenvalue weighted by Gasteiger charge is -2.18. The van der Waals surface area contributed by atoms with Crippen molar-refractivity contribution in [1.82, 2.24) is 5.32 Å². The summed E-state index contributed by atoms with van der Waals surface area (Å²) in [6.45, 7) is 3.48. The van der Waals surface area contributed by atoms with Crippen LogP contribution in [0.1, 0.15) is 12.5 Å². The third-order valence-electron chi connectivity index (χ3n) is 3.27. The summed E-state index contributed by atoms with van der Waals surface area (Å²) in [6.07, 6.45) is 0. The minimum absolute atomic E-state index is 0.0564. The number of likely N-dealkylation sites (N-methyl/N-ethyl adjacent to an activating group) is 1. The van der Waals surface area contributed by atoms with Gasteiger partial charge >= 0.3 is 0 Å². The highest BCUT2D eigenvalue weighted by atomic mass is 19.1. The standard InChI is InChI=1S/C14H16FN3O2/c1-2-17-13-8-20-7-10(13)14(19)18-12-5-3-4-11(15)9(12)6-16/h3-5,10,13,17H,2,7-8H2,1H3,(H,18,19). The number of nitrogens with zero attached hydrogens (tertiary/aromatic N) is 1. The van der Waals surface area contributed by atoms with E-state index in [1.165, 1.54) is 18.2 Å². The van der Waals surface area contributed by atoms with Gasteiger partial charge in [-0.05, 0) is 18.7 Å². The summed E-state index contributed by atoms with van der Waals surface area (Å²) in [5.74, 6) is -1.25. The Hall–Kier alpha value is -1.97. The topological polar surface area (TPSA) is 74.2 Å². The Kier molecular flexibility index (Phi) is 4.66. The van der Waals surface area contributed by atoms with Gasteiger partial charge in [-0.25, -0.2) is 4.39 Å². The molecule has 0 aliphatic carbocycles. The molecule has 1 aliphatic heterocycles. The van der Waals surface area contributed by atoms with Crippen LogP contribution in [0.5, 0.6) is 0 Å². The average Bonchev–Trinajstić information content (AvgIpc) is 2.88. The Labute approximate surface area is 116 Å². The molecule has 2 rings (SSSR count). The number of carbonyl (C=O) groups excluding carboxylic acids is 1. The van der Waals surface area contributed by atoms with Crippen molar-refractivity contribution in [3.63, 3.8) is 0 Å². The Morgan fingerprint density at radius 1 is 1.55 bits per heavy atom. The minimum Gasteiger partial charge on any atom is -0.379 e. The molecule has 1 heterocycles. The zero-order chi connectivity index (χ0) is 14.5. The number of carbonyl (C=O) groups is 1. The van der Waals surface area contributed by atoms with E-state index in [1.807, 2.05) is 6.92 Å². The number of nitriles is 1. The Balaban J connectivity index is 2.12. The molecule has 2 atom stereocenters. The molecule has 1 amide bonds. The van der Waals surface area contributed by atoms with Crippen molar-refractivity contribution in [1.29, 1.82) is 5.26 Å². The largest absolute Gasteiger partial charge is 0.379 e. The summed E-state index contributed by atoms with van der Waals surface area (Å²) >= 11 is 0. The summed E-state index contributed by atoms with van der Waals surface area (Å²) in [5.41, 5.74) is 0.0411. The lowest BCUT2D eigenvalue weighted by atomic mass is 10.0. The molecule has 1 aromatic rings. The van der Waals surface area contributed by atoms with Crippen LogP contribution in [-0.4, -0.2) is 31.7 Å². The van der Waals surface area contributed by atoms with Gasteiger partial charge in [0.05, 0.1) is 24.8 Å². The van der Waals surface area contributed by atoms with Crippen LogP contribution in [0, 0.1) is 23.1 Å². The third kappa shape index (κ3) is 2.95. The Morgan fingerprint density at radius 2 is 2.35 bits per heavy atom. The van der Waals surface area contributed by atoms with Gasteiger partial charge in [0.1, 0.15) is 17.4 Å². The van der Waals surface area contributed by atoms with Gasteiger partial charge in [0.15, 0.2) is 0 Å². The molecule has 0 radical (unpaired) electrons. The second-order valence-corrected chi connectivity index (χ2v) is 4.57. The molecular formula is C14H16FN3O2. The van der Waals surface area contributed by atoms with E-state index in [2.05, 4.69) is 10.6 Å². The number of anilines is 1. The van der Waals surface area contributed by atoms with Gasteiger partial charge in [-0.1, -0.05) is 13.0 Å². The minimum atomic E-state index is -0.642. The maximum absolute atomic E-state index is 13.5. The molecule has 1 aromatic carbocycles. The summed E-state index contributed by atoms with van der Waals surface area (Å²) in [6, 6.07) is 5.86. The first-order valence-electron chi connectivity index (χ1n) is 6.48. The van der Waals surface area contributed by atoms with Crippen molar-refractivity contribution in [2.24, 2.45) is 5.92 Å². The molecule has 1 fully saturated rings. The van der Waals surface area contributed by atoms with Crippen molar-refractivity contribution in [2.75, 3.05) is 25.1 Å². The first-order chi connectivity index (χ1) is 9.67. The fourth-order valence-electron chi connectivity index (χ4n) is 2.24. The normalized spacial score (nSPS) is 21.4. The highest BCUT2D eigenvalue weighted by Crippen LogP contribution is 2.21. The molecule has 1 saturated heterocycles. The van der Waals surface area contributed by atoms with Gasteiger partial charge in [0, 0.05) is 6.04 Å². The van der Waals surface area contributed by atoms with Crippen molar-refractivity contribution in [2.45, 2.75) is 13.0 Å². The van der Waals surface area contributed by atoms with Gasteiger partial charge in [0.25, 0.3) is 0 Å². The highest BCUT2D eigenvalue weighted by Gasteiger charge is 2.33. The van der Waals surface area contributed by atoms with Crippen molar-refractivity contribution < 1.29 is 13.9 Å². The van der Waals surface area contributed by atoms with Gasteiger partial charge in [-0.2, -0.15) is 5.26 Å². The van der Waals surface area contributed by atoms with Crippen LogP contribution in [0.4, 0.5) is 10.1 Å². The molecule has 0 saturated carbocycles. The summed E-state index contributed by atoms with van der Waals surface area (Å²) in [7, 11) is 0. The molecule has 20 heavy (non-hydrogen) atoms. The third-order valence-corrected chi connectivity index (χ3v) is 3.27. The van der Waals surface area contributed by atoms with Gasteiger partial charge in [-0.15, -0.1) is 0 Å². The SMILES string of the molecule is CCNC1COCC1C(=O)Nc1cccc(F)c1C#N. The lowest BCUT2D eigenvalue weighted by molar-refractivity contribution is -0.120. The number of benzene rings is 1. The van der Waals surface area contributed by atoms with Gasteiger partial charge in [-0.3, -0.25) is 4.79 Å². The molecule has 0 spiro atoms. The zero-order valence-electron chi connectivity index (χ0n) is 11.1. The number of ether oxygens (including phenoxy) is 1. The quantitative estimate of drug-likeness (QED) is 0.869. The second-order valence-electron chi connectivity index (χ2n) is 4.57. The fraction of sp³-hybridized carbons (Fsp3) is 0.429. The predicted molar refractivity (Wildman–Crippen MR) is 71.5 cm³/mol. The number of amides is 1. The zero-order valence-corrected chi connectivity index (χ0v) is 11.1. The Morgan fingerprint density at radius 3 is 3.05 bits per heavy atom. The lowest BCUT2D eigenvalue weighted by Crippen LogP contribution is -2.41. The van der Waals surface area contributed by atoms with Crippen LogP contribution in [-0.2, 0) is 9.53 Å². The summed E-state index contributed by atoms with van der Waals surface area (Å²) in [5, 5.41) is 14.7. The molecule has 0 aromatic heterocycles. The smallest absolute Gasteiger partial charge is 0.231 e. The maximum Gasteiger partial charge on any atom is 0.231 e. The molecule has 2 N–H and O–H groups in total. The average molecular weight is 277 g/mol. The molecule has 0 bridgehead atoms. The molecule has 2 unspecified atom stereocenters. The molecule has 6 heteroatoms. The molecule has 5 nitrogen and oxygen atoms in total. The van der Waals surface area contributed by atoms with Crippen LogP contribution in [0.2, 0.25) is 0 Å². The van der Waals surface area contributed by atoms with Crippen LogP contribution in [0.15, 0.2) is 18.2 Å². The predicted octanol–water partition coefficient (Wildman–Crippen LogP) is 1.26. The van der Waals surface area contributed by atoms with E-state index in [0.29, 0.717) is 13.2 Å². The van der Waals surface area contributed by atoms with E-state index < -0.39 is 5.82 Å². The van der Waals surface area contributed by atoms with E-state index in [1.54, 1.807) is 6.07 Å². The van der Waals surface area contributed by atoms with Crippen LogP contribution < -0.4 is 10.6 Å². The van der Waals surface area contributed by atoms with Gasteiger partial charge < -0.3 is 15.4 Å². The number of nitrogens with one attached hydrogen (secondary N) is 2. The first kappa shape index (κ1) is 14.4. The number of halogens is 1. The van der Waals surface area contributed by atoms with Crippen LogP contribution >= 0.6 is 0 Å². The van der Waals surface area contributed by atoms with Crippen molar-refractivity contribution >= 4 is 11.6 Å². The maximum atomic E-state index is 13.5. The van der Waals surface area contributed by atoms with Gasteiger partial charge in [0.2, 0.25) is 5.91 Å². The number of hydrogen-bond acceptors (Lipinski definition) is 4. The molecule has 106 valence electrons. The van der Waals surface area contributed by atoms with E-state index in [0.717, 1.165) is 6.54 Å². The molecule has 1 aliphatic rings. The summed E-state index contributed by atoms with van der Waals surface area (Å²) in [4.78, 5) is 12.2. The van der Waals surface area contributed by atoms with Crippen molar-refractivity contribution in [3.8, 4) is 6.07 Å². The molecular weight excluding hydrogens is 261 g/mol. The van der Waals surface area contributed by atoms with Crippen molar-refractivity contribution in [3.05, 3.63) is 29.6 Å². The number of hydrogen-bond donors (Lipinski definition) is 2. The Bertz CT molecular complexity index is 542. The fourth-order valence-corrected chi connectivity index (χ4v) is 2.24. The van der Waals surface area contributed by atoms with E-state index in [4.69, 9.17) is 10.00 Å². The van der Waals surface area contributed by atoms with E-state index in [-0.39, 0.29) is 29.1 Å². The van der Waals surface area contributed by atoms with E-state index >= 15 is 0 Å². The monoisotopic (exact) mass is 277 g/mol. The number of rotatable bonds is 4. The second kappa shape index (κ2) is 6.46. The van der Waals surface area contributed by atoms with Crippen LogP contribution in [0.3, 0.4) is 0 Å². The summed E-state index contributed by atoms with van der Waals surface area (Å²) < 4.78 is 18.8. The first-order valence-corrected chi connectivity index (χ1v) is 6.48. The van der Waals surface area contributed by atoms with E-state index in [9.17, 15) is 9.18 Å².